The lowest BCUT2D eigenvalue weighted by Gasteiger charge is -2.15. The molecule has 17 nitrogen and oxygen atoms in total. The molecular weight excluding hydrogens is 673 g/mol. The molecule has 20 heteroatoms. The molecule has 0 radical (unpaired) electrons. The highest BCUT2D eigenvalue weighted by Crippen LogP contribution is 2.36. The maximum Gasteiger partial charge on any atom is 0.323 e. The summed E-state index contributed by atoms with van der Waals surface area (Å²) in [6.45, 7) is 3.09. The van der Waals surface area contributed by atoms with Crippen LogP contribution in [0.25, 0.3) is 10.8 Å². The van der Waals surface area contributed by atoms with Crippen LogP contribution in [0.15, 0.2) is 75.4 Å². The van der Waals surface area contributed by atoms with Gasteiger partial charge in [-0.3, -0.25) is 28.6 Å². The second-order valence-corrected chi connectivity index (χ2v) is 14.0. The van der Waals surface area contributed by atoms with Crippen molar-refractivity contribution in [2.45, 2.75) is 28.5 Å². The fourth-order valence-corrected chi connectivity index (χ4v) is 6.20. The minimum absolute atomic E-state index is 0.0831. The highest BCUT2D eigenvalue weighted by Gasteiger charge is 2.26. The van der Waals surface area contributed by atoms with E-state index in [4.69, 9.17) is 0 Å². The van der Waals surface area contributed by atoms with Gasteiger partial charge in [0, 0.05) is 34.0 Å². The number of nitrogens with zero attached hydrogens (tertiary/aromatic N) is 1. The second-order valence-electron chi connectivity index (χ2n) is 9.74. The highest BCUT2D eigenvalue weighted by atomic mass is 32.2. The van der Waals surface area contributed by atoms with Gasteiger partial charge in [-0.15, -0.1) is 0 Å². The maximum absolute atomic E-state index is 13.3. The van der Waals surface area contributed by atoms with Crippen LogP contribution >= 0.6 is 0 Å². The molecule has 0 saturated heterocycles. The van der Waals surface area contributed by atoms with E-state index in [0.717, 1.165) is 6.07 Å². The van der Waals surface area contributed by atoms with Crippen molar-refractivity contribution in [1.82, 2.24) is 0 Å². The van der Waals surface area contributed by atoms with Crippen LogP contribution in [0.4, 0.5) is 27.5 Å². The Morgan fingerprint density at radius 2 is 1.28 bits per heavy atom. The number of nitro groups is 1. The molecule has 0 spiro atoms. The third-order valence-corrected chi connectivity index (χ3v) is 9.03. The molecule has 4 rings (SSSR count). The van der Waals surface area contributed by atoms with E-state index >= 15 is 0 Å². The molecule has 4 aromatic rings. The van der Waals surface area contributed by atoms with E-state index in [9.17, 15) is 58.6 Å². The van der Waals surface area contributed by atoms with Gasteiger partial charge in [0.15, 0.2) is 0 Å². The van der Waals surface area contributed by atoms with Gasteiger partial charge in [0.05, 0.1) is 20.4 Å². The first-order valence-electron chi connectivity index (χ1n) is 12.4. The maximum atomic E-state index is 13.3. The monoisotopic (exact) mass is 694 g/mol. The summed E-state index contributed by atoms with van der Waals surface area (Å²) in [6.07, 6.45) is 0. The molecule has 0 atom stereocenters. The van der Waals surface area contributed by atoms with Crippen LogP contribution in [-0.2, 0) is 30.4 Å². The van der Waals surface area contributed by atoms with Crippen molar-refractivity contribution < 1.29 is 53.4 Å². The molecule has 46 heavy (non-hydrogen) atoms. The van der Waals surface area contributed by atoms with Crippen molar-refractivity contribution in [1.29, 1.82) is 0 Å². The molecule has 0 saturated carbocycles. The number of nitrogens with one attached hydrogen (secondary N) is 3. The average Bonchev–Trinajstić information content (AvgIpc) is 2.92. The smallest absolute Gasteiger partial charge is 0.321 e. The Kier molecular flexibility index (Phi) is 8.90. The van der Waals surface area contributed by atoms with Crippen LogP contribution in [0.1, 0.15) is 21.5 Å². The van der Waals surface area contributed by atoms with Crippen LogP contribution in [0.5, 0.6) is 0 Å². The van der Waals surface area contributed by atoms with Gasteiger partial charge in [0.2, 0.25) is 0 Å². The van der Waals surface area contributed by atoms with E-state index < -0.39 is 78.4 Å². The molecule has 0 heterocycles. The standard InChI is InChI=1S/C26H22N4O13S3/c1-13-3-5-15(9-20(13)29-26(32)27-17-6-4-14(2)22(10-17)30(33)34)25(31)28-21-11-18(44(35,36)37)7-16-8-19(45(38,39)40)12-23(24(16)21)46(41,42)43/h3-12H,1-2H3,(H,28,31)(H2,27,29,32)(H,35,36,37)(H,38,39,40)(H,41,42,43). The lowest BCUT2D eigenvalue weighted by Crippen LogP contribution is -2.21. The molecule has 3 amide bonds. The number of benzene rings is 4. The van der Waals surface area contributed by atoms with Gasteiger partial charge in [-0.2, -0.15) is 25.3 Å². The molecule has 242 valence electrons. The zero-order chi connectivity index (χ0) is 34.4. The zero-order valence-corrected chi connectivity index (χ0v) is 25.8. The number of hydrogen-bond donors (Lipinski definition) is 6. The lowest BCUT2D eigenvalue weighted by molar-refractivity contribution is -0.385. The van der Waals surface area contributed by atoms with Gasteiger partial charge < -0.3 is 16.0 Å². The third kappa shape index (κ3) is 7.44. The predicted molar refractivity (Wildman–Crippen MR) is 163 cm³/mol. The molecule has 0 fully saturated rings. The number of rotatable bonds is 8. The quantitative estimate of drug-likeness (QED) is 0.0865. The summed E-state index contributed by atoms with van der Waals surface area (Å²) in [6, 6.07) is 9.40. The van der Waals surface area contributed by atoms with Gasteiger partial charge >= 0.3 is 6.03 Å². The number of hydrogen-bond acceptors (Lipinski definition) is 10. The topological polar surface area (TPSA) is 276 Å². The van der Waals surface area contributed by atoms with Crippen molar-refractivity contribution >= 4 is 75.8 Å². The SMILES string of the molecule is Cc1ccc(C(=O)Nc2cc(S(=O)(=O)O)cc3cc(S(=O)(=O)O)cc(S(=O)(=O)O)c23)cc1NC(=O)Nc1ccc(C)c([N+](=O)[O-])c1. The molecule has 0 bridgehead atoms. The molecular formula is C26H22N4O13S3. The van der Waals surface area contributed by atoms with Gasteiger partial charge in [-0.25, -0.2) is 4.79 Å². The van der Waals surface area contributed by atoms with Crippen molar-refractivity contribution in [2.24, 2.45) is 0 Å². The number of anilines is 3. The summed E-state index contributed by atoms with van der Waals surface area (Å²) in [7, 11) is -15.4. The number of aryl methyl sites for hydroxylation is 2. The van der Waals surface area contributed by atoms with E-state index in [1.807, 2.05) is 0 Å². The Morgan fingerprint density at radius 3 is 1.85 bits per heavy atom. The van der Waals surface area contributed by atoms with Crippen molar-refractivity contribution in [3.05, 3.63) is 87.5 Å². The molecule has 0 aliphatic carbocycles. The summed E-state index contributed by atoms with van der Waals surface area (Å²) in [5, 5.41) is 17.3. The molecule has 0 aliphatic heterocycles. The zero-order valence-electron chi connectivity index (χ0n) is 23.4. The predicted octanol–water partition coefficient (Wildman–Crippen LogP) is 4.00. The number of fused-ring (bicyclic) bond motifs is 1. The number of carbonyl (C=O) groups is 2. The van der Waals surface area contributed by atoms with E-state index in [1.165, 1.54) is 37.3 Å². The van der Waals surface area contributed by atoms with Crippen molar-refractivity contribution in [2.75, 3.05) is 16.0 Å². The molecule has 0 unspecified atom stereocenters. The lowest BCUT2D eigenvalue weighted by atomic mass is 10.1. The van der Waals surface area contributed by atoms with Crippen molar-refractivity contribution in [3.63, 3.8) is 0 Å². The van der Waals surface area contributed by atoms with Crippen LogP contribution in [0.3, 0.4) is 0 Å². The largest absolute Gasteiger partial charge is 0.323 e. The molecule has 0 aliphatic rings. The van der Waals surface area contributed by atoms with E-state index in [-0.39, 0.29) is 22.6 Å². The molecule has 4 aromatic carbocycles. The summed E-state index contributed by atoms with van der Waals surface area (Å²) < 4.78 is 101. The van der Waals surface area contributed by atoms with E-state index in [1.54, 1.807) is 6.92 Å². The van der Waals surface area contributed by atoms with E-state index in [2.05, 4.69) is 16.0 Å². The summed E-state index contributed by atoms with van der Waals surface area (Å²) in [5.41, 5.74) is -0.0310. The highest BCUT2D eigenvalue weighted by molar-refractivity contribution is 7.87. The van der Waals surface area contributed by atoms with Crippen LogP contribution in [0.2, 0.25) is 0 Å². The molecule has 6 N–H and O–H groups in total. The van der Waals surface area contributed by atoms with Crippen LogP contribution in [-0.4, -0.2) is 55.8 Å². The number of urea groups is 1. The normalized spacial score (nSPS) is 12.0. The minimum atomic E-state index is -5.28. The van der Waals surface area contributed by atoms with Gasteiger partial charge in [-0.1, -0.05) is 12.1 Å². The van der Waals surface area contributed by atoms with E-state index in [0.29, 0.717) is 35.4 Å². The summed E-state index contributed by atoms with van der Waals surface area (Å²) >= 11 is 0. The summed E-state index contributed by atoms with van der Waals surface area (Å²) in [5.74, 6) is -1.02. The van der Waals surface area contributed by atoms with Gasteiger partial charge in [0.1, 0.15) is 4.90 Å². The number of carbonyl (C=O) groups excluding carboxylic acids is 2. The van der Waals surface area contributed by atoms with Gasteiger partial charge in [0.25, 0.3) is 41.9 Å². The first kappa shape index (κ1) is 33.9. The minimum Gasteiger partial charge on any atom is -0.321 e. The fourth-order valence-electron chi connectivity index (χ4n) is 4.28. The second kappa shape index (κ2) is 12.1. The van der Waals surface area contributed by atoms with Crippen LogP contribution < -0.4 is 16.0 Å². The fraction of sp³-hybridized carbons (Fsp3) is 0.0769. The Labute approximate surface area is 260 Å². The molecule has 0 aromatic heterocycles. The average molecular weight is 695 g/mol. The Balaban J connectivity index is 1.74. The number of nitro benzene ring substituents is 1. The van der Waals surface area contributed by atoms with Gasteiger partial charge in [-0.05, 0) is 67.3 Å². The third-order valence-electron chi connectivity index (χ3n) is 6.49. The van der Waals surface area contributed by atoms with Crippen LogP contribution in [0, 0.1) is 24.0 Å². The Bertz CT molecular complexity index is 2300. The first-order chi connectivity index (χ1) is 21.1. The first-order valence-corrected chi connectivity index (χ1v) is 16.8. The van der Waals surface area contributed by atoms with Crippen molar-refractivity contribution in [3.8, 4) is 0 Å². The Morgan fingerprint density at radius 1 is 0.696 bits per heavy atom. The number of amides is 3. The summed E-state index contributed by atoms with van der Waals surface area (Å²) in [4.78, 5) is 33.5. The Hall–Kier alpha value is -4.99.